The van der Waals surface area contributed by atoms with Crippen molar-refractivity contribution in [2.75, 3.05) is 31.3 Å². The maximum Gasteiger partial charge on any atom is 0.340 e. The molecule has 2 unspecified atom stereocenters. The Hall–Kier alpha value is -9.13. The van der Waals surface area contributed by atoms with Crippen molar-refractivity contribution < 1.29 is 82.6 Å². The van der Waals surface area contributed by atoms with E-state index in [2.05, 4.69) is 42.5 Å². The van der Waals surface area contributed by atoms with Crippen molar-refractivity contribution in [1.82, 2.24) is 47.4 Å². The molecule has 4 aromatic rings. The minimum Gasteiger partial charge on any atom is -0.508 e. The molecule has 0 saturated carbocycles. The zero-order chi connectivity index (χ0) is 65.8. The molecule has 4 aliphatic rings. The molecule has 91 heavy (non-hydrogen) atoms. The first-order valence-corrected chi connectivity index (χ1v) is 32.0. The van der Waals surface area contributed by atoms with E-state index in [9.17, 15) is 73.2 Å². The summed E-state index contributed by atoms with van der Waals surface area (Å²) in [5.74, 6) is -9.73. The minimum absolute atomic E-state index is 0.0178. The molecular formula is C61H73N11O17S2. The van der Waals surface area contributed by atoms with Crippen LogP contribution in [0.15, 0.2) is 78.9 Å². The van der Waals surface area contributed by atoms with E-state index in [4.69, 9.17) is 20.9 Å². The highest BCUT2D eigenvalue weighted by Gasteiger charge is 2.54. The lowest BCUT2D eigenvalue weighted by Gasteiger charge is -2.36. The number of nitrogens with one attached hydrogen (secondary N) is 8. The van der Waals surface area contributed by atoms with Crippen LogP contribution >= 0.6 is 21.6 Å². The number of aromatic hydroxyl groups is 3. The zero-order valence-electron chi connectivity index (χ0n) is 49.9. The summed E-state index contributed by atoms with van der Waals surface area (Å²) in [6.07, 6.45) is -1.24. The number of nitrogens with zero attached hydrogens (tertiary/aromatic N) is 1. The third kappa shape index (κ3) is 15.9. The van der Waals surface area contributed by atoms with Crippen molar-refractivity contribution in [2.45, 2.75) is 126 Å². The Morgan fingerprint density at radius 3 is 2.07 bits per heavy atom. The van der Waals surface area contributed by atoms with Crippen LogP contribution in [0.5, 0.6) is 28.7 Å². The van der Waals surface area contributed by atoms with Gasteiger partial charge in [-0.1, -0.05) is 54.0 Å². The van der Waals surface area contributed by atoms with Gasteiger partial charge in [-0.05, 0) is 105 Å². The van der Waals surface area contributed by atoms with Gasteiger partial charge >= 0.3 is 5.97 Å². The molecule has 1 spiro atoms. The molecule has 0 radical (unpaired) electrons. The van der Waals surface area contributed by atoms with E-state index < -0.39 is 131 Å². The first kappa shape index (κ1) is 67.8. The van der Waals surface area contributed by atoms with E-state index in [1.54, 1.807) is 26.0 Å². The van der Waals surface area contributed by atoms with Gasteiger partial charge in [0.15, 0.2) is 5.60 Å². The fourth-order valence-electron chi connectivity index (χ4n) is 11.1. The number of amides is 10. The van der Waals surface area contributed by atoms with Crippen LogP contribution in [0.3, 0.4) is 0 Å². The maximum atomic E-state index is 14.8. The summed E-state index contributed by atoms with van der Waals surface area (Å²) in [6.45, 7) is 4.38. The van der Waals surface area contributed by atoms with Gasteiger partial charge in [0.05, 0.1) is 24.8 Å². The van der Waals surface area contributed by atoms with Gasteiger partial charge in [0.1, 0.15) is 71.0 Å². The molecule has 0 aliphatic carbocycles. The fourth-order valence-corrected chi connectivity index (χ4v) is 13.2. The monoisotopic (exact) mass is 1300 g/mol. The molecule has 9 atom stereocenters. The Labute approximate surface area is 530 Å². The second-order valence-electron chi connectivity index (χ2n) is 22.4. The summed E-state index contributed by atoms with van der Waals surface area (Å²) in [7, 11) is 2.18. The van der Waals surface area contributed by atoms with Gasteiger partial charge in [-0.25, -0.2) is 4.79 Å². The molecule has 2 saturated heterocycles. The topological polar surface area (TPSA) is 439 Å². The average molecular weight is 1300 g/mol. The number of unbranched alkanes of at least 4 members (excludes halogenated alkanes) is 1. The van der Waals surface area contributed by atoms with Gasteiger partial charge in [0.2, 0.25) is 53.2 Å². The lowest BCUT2D eigenvalue weighted by molar-refractivity contribution is -0.142. The molecule has 30 heteroatoms. The number of fused-ring (bicyclic) bond motifs is 6. The number of hydrogen-bond donors (Lipinski definition) is 14. The summed E-state index contributed by atoms with van der Waals surface area (Å²) in [5, 5.41) is 62.3. The molecule has 8 rings (SSSR count). The van der Waals surface area contributed by atoms with E-state index in [-0.39, 0.29) is 102 Å². The van der Waals surface area contributed by atoms with E-state index >= 15 is 0 Å². The Morgan fingerprint density at radius 1 is 0.758 bits per heavy atom. The van der Waals surface area contributed by atoms with E-state index in [0.717, 1.165) is 21.6 Å². The van der Waals surface area contributed by atoms with E-state index in [0.29, 0.717) is 36.0 Å². The van der Waals surface area contributed by atoms with E-state index in [1.807, 2.05) is 0 Å². The van der Waals surface area contributed by atoms with Crippen molar-refractivity contribution in [2.24, 2.45) is 17.4 Å². The van der Waals surface area contributed by atoms with Crippen LogP contribution in [0.2, 0.25) is 0 Å². The molecule has 4 aliphatic heterocycles. The smallest absolute Gasteiger partial charge is 0.340 e. The highest BCUT2D eigenvalue weighted by molar-refractivity contribution is 8.76. The van der Waals surface area contributed by atoms with Crippen LogP contribution in [-0.2, 0) is 53.5 Å². The molecule has 0 aromatic heterocycles. The summed E-state index contributed by atoms with van der Waals surface area (Å²) < 4.78 is 12.2. The first-order valence-electron chi connectivity index (χ1n) is 29.5. The van der Waals surface area contributed by atoms with E-state index in [1.165, 1.54) is 78.6 Å². The minimum atomic E-state index is -1.79. The van der Waals surface area contributed by atoms with Crippen LogP contribution < -0.4 is 58.7 Å². The fraction of sp³-hybridized carbons (Fsp3) is 0.426. The number of esters is 1. The number of nitrogens with two attached hydrogens (primary N) is 2. The lowest BCUT2D eigenvalue weighted by atomic mass is 9.77. The number of primary amides is 1. The Kier molecular flexibility index (Phi) is 22.4. The number of ether oxygens (including phenoxy) is 2. The number of carbonyl (C=O) groups is 11. The molecule has 2 fully saturated rings. The molecule has 0 bridgehead atoms. The highest BCUT2D eigenvalue weighted by Crippen LogP contribution is 2.57. The van der Waals surface area contributed by atoms with Crippen molar-refractivity contribution in [3.05, 3.63) is 112 Å². The molecule has 486 valence electrons. The van der Waals surface area contributed by atoms with Crippen LogP contribution in [-0.4, -0.2) is 164 Å². The number of likely N-dealkylation sites (tertiary alicyclic amines) is 1. The molecule has 4 heterocycles. The number of phenolic OH excluding ortho intramolecular Hbond substituents is 3. The number of phenols is 3. The van der Waals surface area contributed by atoms with Gasteiger partial charge in [0, 0.05) is 65.4 Å². The normalized spacial score (nSPS) is 22.1. The molecule has 28 nitrogen and oxygen atoms in total. The van der Waals surface area contributed by atoms with Crippen LogP contribution in [0.1, 0.15) is 121 Å². The van der Waals surface area contributed by atoms with Gasteiger partial charge in [0.25, 0.3) is 5.91 Å². The standard InChI is InChI=1S/C61H73N11O17S2/c1-4-30(2)49-56(83)71-50(31(3)73)57(84)67-42(27-47(63)77)54(81)68-43(28-91-90-23-20-48(78)69-51(58(85)70-49)32-10-13-34(74)14-11-32)59(86)72-22-7-9-44(72)55(82)66-41(53(80)65-29-62)8-5-6-21-64-52(79)33-12-17-37-40(24-33)61(89-60(37)87)38-18-15-35(75)25-45(38)88-46-26-36(76)16-19-39(46)61/h10-19,24-26,30-31,41-44,49-51,73-76H,4-9,20-23,27-29,62H2,1-3H3,(H2,63,77)(H,64,79)(H,65,80)(H,66,82)(H,67,84)(H,68,81)(H,69,78)(H,70,85)(H,71,83)/t30?,31?,41-,42+,43+,44+,49+,50+,51-/m0/s1. The molecular weight excluding hydrogens is 1220 g/mol. The summed E-state index contributed by atoms with van der Waals surface area (Å²) in [5.41, 5.74) is 11.3. The number of hydrogen-bond acceptors (Lipinski definition) is 20. The molecule has 16 N–H and O–H groups in total. The van der Waals surface area contributed by atoms with Crippen molar-refractivity contribution in [1.29, 1.82) is 0 Å². The number of rotatable bonds is 17. The number of benzene rings is 4. The van der Waals surface area contributed by atoms with Gasteiger partial charge in [-0.2, -0.15) is 0 Å². The van der Waals surface area contributed by atoms with Gasteiger partial charge in [-0.3, -0.25) is 47.9 Å². The van der Waals surface area contributed by atoms with Crippen LogP contribution in [0.25, 0.3) is 0 Å². The van der Waals surface area contributed by atoms with Crippen LogP contribution in [0, 0.1) is 5.92 Å². The second kappa shape index (κ2) is 30.1. The second-order valence-corrected chi connectivity index (χ2v) is 25.0. The van der Waals surface area contributed by atoms with Crippen LogP contribution in [0.4, 0.5) is 0 Å². The molecule has 4 aromatic carbocycles. The first-order chi connectivity index (χ1) is 43.4. The van der Waals surface area contributed by atoms with Crippen molar-refractivity contribution >= 4 is 86.6 Å². The summed E-state index contributed by atoms with van der Waals surface area (Å²) in [6, 6.07) is 8.34. The van der Waals surface area contributed by atoms with Crippen molar-refractivity contribution in [3.63, 3.8) is 0 Å². The third-order valence-corrected chi connectivity index (χ3v) is 18.4. The lowest BCUT2D eigenvalue weighted by Crippen LogP contribution is -2.62. The summed E-state index contributed by atoms with van der Waals surface area (Å²) >= 11 is 0. The zero-order valence-corrected chi connectivity index (χ0v) is 51.5. The maximum absolute atomic E-state index is 14.8. The largest absolute Gasteiger partial charge is 0.508 e. The third-order valence-electron chi connectivity index (χ3n) is 16.0. The van der Waals surface area contributed by atoms with Gasteiger partial charge < -0.3 is 88.8 Å². The predicted octanol–water partition coefficient (Wildman–Crippen LogP) is 0.664. The Morgan fingerprint density at radius 2 is 1.42 bits per heavy atom. The summed E-state index contributed by atoms with van der Waals surface area (Å²) in [4.78, 5) is 153. The highest BCUT2D eigenvalue weighted by atomic mass is 33.1. The number of aliphatic hydroxyl groups excluding tert-OH is 1. The molecule has 10 amide bonds. The predicted molar refractivity (Wildman–Crippen MR) is 329 cm³/mol. The number of aliphatic hydroxyl groups is 1. The number of carbonyl (C=O) groups excluding carboxylic acids is 11. The Bertz CT molecular complexity index is 3410. The quantitative estimate of drug-likeness (QED) is 0.0299. The van der Waals surface area contributed by atoms with Gasteiger partial charge in [-0.15, -0.1) is 0 Å². The SMILES string of the molecule is CCC(C)[C@H]1NC(=O)[C@H](c2ccc(O)cc2)NC(=O)CCSSC[C@H](C(=O)N2CCC[C@@H]2C(=O)N[C@@H](CCCCNC(=O)c2ccc3c(c2)C2(OC3=O)c3ccc(O)cc3Oc3cc(O)ccc32)C(=O)NCN)NC(=O)[C@@H](CC(N)=O)NC(=O)[C@@H](C(C)O)NC1=O. The average Bonchev–Trinajstić information content (AvgIpc) is 1.63. The van der Waals surface area contributed by atoms with Crippen molar-refractivity contribution in [3.8, 4) is 28.7 Å². The Balaban J connectivity index is 0.949.